The molecular formula is C19H18N4O4. The molecule has 1 aromatic heterocycles. The Morgan fingerprint density at radius 1 is 1.15 bits per heavy atom. The number of amides is 1. The van der Waals surface area contributed by atoms with Crippen LogP contribution >= 0.6 is 0 Å². The standard InChI is InChI=1S/C19H18N4O4/c1-2-11-27-18(25)13-7-6-8-14(12-13)20-17(24)16-21-19(26)23(22-16)15-9-4-3-5-10-15/h3-10,12H,2,11H2,1H3,(H,20,24)(H,21,22,26). The molecule has 3 rings (SSSR count). The van der Waals surface area contributed by atoms with Gasteiger partial charge in [0.15, 0.2) is 0 Å². The van der Waals surface area contributed by atoms with Crippen LogP contribution in [0, 0.1) is 0 Å². The highest BCUT2D eigenvalue weighted by atomic mass is 16.5. The van der Waals surface area contributed by atoms with E-state index in [1.165, 1.54) is 6.07 Å². The zero-order valence-electron chi connectivity index (χ0n) is 14.6. The highest BCUT2D eigenvalue weighted by molar-refractivity contribution is 6.02. The summed E-state index contributed by atoms with van der Waals surface area (Å²) in [4.78, 5) is 38.8. The summed E-state index contributed by atoms with van der Waals surface area (Å²) in [7, 11) is 0. The highest BCUT2D eigenvalue weighted by Gasteiger charge is 2.15. The van der Waals surface area contributed by atoms with Gasteiger partial charge in [-0.2, -0.15) is 4.68 Å². The molecule has 0 spiro atoms. The highest BCUT2D eigenvalue weighted by Crippen LogP contribution is 2.13. The fraction of sp³-hybridized carbons (Fsp3) is 0.158. The van der Waals surface area contributed by atoms with Crippen LogP contribution in [0.4, 0.5) is 5.69 Å². The van der Waals surface area contributed by atoms with Crippen LogP contribution in [0.3, 0.4) is 0 Å². The monoisotopic (exact) mass is 366 g/mol. The Labute approximate surface area is 154 Å². The first-order valence-electron chi connectivity index (χ1n) is 8.42. The fourth-order valence-corrected chi connectivity index (χ4v) is 2.36. The van der Waals surface area contributed by atoms with E-state index in [4.69, 9.17) is 4.74 Å². The maximum absolute atomic E-state index is 12.4. The molecule has 1 heterocycles. The summed E-state index contributed by atoms with van der Waals surface area (Å²) in [6.45, 7) is 2.23. The van der Waals surface area contributed by atoms with Crippen molar-refractivity contribution in [1.82, 2.24) is 14.8 Å². The number of anilines is 1. The second-order valence-electron chi connectivity index (χ2n) is 5.70. The molecule has 0 fully saturated rings. The molecule has 0 unspecified atom stereocenters. The number of carbonyl (C=O) groups excluding carboxylic acids is 2. The van der Waals surface area contributed by atoms with Gasteiger partial charge in [0.2, 0.25) is 5.82 Å². The molecule has 2 N–H and O–H groups in total. The molecule has 0 saturated heterocycles. The second kappa shape index (κ2) is 8.13. The maximum Gasteiger partial charge on any atom is 0.348 e. The number of rotatable bonds is 6. The summed E-state index contributed by atoms with van der Waals surface area (Å²) in [6, 6.07) is 15.1. The smallest absolute Gasteiger partial charge is 0.348 e. The summed E-state index contributed by atoms with van der Waals surface area (Å²) in [5, 5.41) is 6.63. The molecule has 0 aliphatic heterocycles. The molecule has 1 amide bonds. The fourth-order valence-electron chi connectivity index (χ4n) is 2.36. The molecule has 8 nitrogen and oxygen atoms in total. The van der Waals surface area contributed by atoms with Crippen molar-refractivity contribution in [3.05, 3.63) is 76.5 Å². The van der Waals surface area contributed by atoms with Gasteiger partial charge in [-0.3, -0.25) is 9.78 Å². The van der Waals surface area contributed by atoms with Gasteiger partial charge in [0, 0.05) is 5.69 Å². The van der Waals surface area contributed by atoms with E-state index >= 15 is 0 Å². The summed E-state index contributed by atoms with van der Waals surface area (Å²) in [5.74, 6) is -1.20. The van der Waals surface area contributed by atoms with Crippen LogP contribution in [-0.2, 0) is 4.74 Å². The van der Waals surface area contributed by atoms with Gasteiger partial charge in [-0.25, -0.2) is 9.59 Å². The van der Waals surface area contributed by atoms with Crippen molar-refractivity contribution in [3.63, 3.8) is 0 Å². The van der Waals surface area contributed by atoms with Gasteiger partial charge in [0.25, 0.3) is 5.91 Å². The quantitative estimate of drug-likeness (QED) is 0.652. The van der Waals surface area contributed by atoms with Crippen LogP contribution in [-0.4, -0.2) is 33.2 Å². The van der Waals surface area contributed by atoms with Crippen LogP contribution in [0.15, 0.2) is 59.4 Å². The minimum atomic E-state index is -0.596. The molecule has 27 heavy (non-hydrogen) atoms. The van der Waals surface area contributed by atoms with Crippen molar-refractivity contribution in [2.24, 2.45) is 0 Å². The van der Waals surface area contributed by atoms with E-state index in [0.29, 0.717) is 23.5 Å². The van der Waals surface area contributed by atoms with Gasteiger partial charge in [-0.1, -0.05) is 31.2 Å². The van der Waals surface area contributed by atoms with Gasteiger partial charge in [0.05, 0.1) is 17.9 Å². The average Bonchev–Trinajstić information content (AvgIpc) is 3.09. The summed E-state index contributed by atoms with van der Waals surface area (Å²) in [5.41, 5.74) is 0.729. The lowest BCUT2D eigenvalue weighted by Crippen LogP contribution is -2.16. The molecule has 0 saturated carbocycles. The lowest BCUT2D eigenvalue weighted by atomic mass is 10.2. The zero-order valence-corrected chi connectivity index (χ0v) is 14.6. The van der Waals surface area contributed by atoms with E-state index in [1.807, 2.05) is 13.0 Å². The first-order valence-corrected chi connectivity index (χ1v) is 8.42. The largest absolute Gasteiger partial charge is 0.462 e. The van der Waals surface area contributed by atoms with Crippen molar-refractivity contribution in [3.8, 4) is 5.69 Å². The number of aromatic nitrogens is 3. The first kappa shape index (κ1) is 18.1. The molecule has 0 bridgehead atoms. The first-order chi connectivity index (χ1) is 13.1. The lowest BCUT2D eigenvalue weighted by Gasteiger charge is -2.06. The van der Waals surface area contributed by atoms with Crippen LogP contribution in [0.1, 0.15) is 34.3 Å². The Morgan fingerprint density at radius 3 is 2.67 bits per heavy atom. The topological polar surface area (TPSA) is 106 Å². The molecule has 3 aromatic rings. The number of H-pyrrole nitrogens is 1. The molecular weight excluding hydrogens is 348 g/mol. The summed E-state index contributed by atoms with van der Waals surface area (Å²) >= 11 is 0. The Balaban J connectivity index is 1.77. The molecule has 0 aliphatic carbocycles. The molecule has 2 aromatic carbocycles. The van der Waals surface area contributed by atoms with Crippen LogP contribution in [0.5, 0.6) is 0 Å². The number of para-hydroxylation sites is 1. The van der Waals surface area contributed by atoms with E-state index in [9.17, 15) is 14.4 Å². The Hall–Kier alpha value is -3.68. The van der Waals surface area contributed by atoms with Crippen molar-refractivity contribution in [2.75, 3.05) is 11.9 Å². The number of nitrogens with one attached hydrogen (secondary N) is 2. The second-order valence-corrected chi connectivity index (χ2v) is 5.70. The molecule has 8 heteroatoms. The maximum atomic E-state index is 12.4. The summed E-state index contributed by atoms with van der Waals surface area (Å²) in [6.07, 6.45) is 0.722. The third-order valence-electron chi connectivity index (χ3n) is 3.63. The van der Waals surface area contributed by atoms with Crippen molar-refractivity contribution < 1.29 is 14.3 Å². The number of ether oxygens (including phenoxy) is 1. The van der Waals surface area contributed by atoms with Crippen LogP contribution in [0.2, 0.25) is 0 Å². The van der Waals surface area contributed by atoms with E-state index in [2.05, 4.69) is 15.4 Å². The number of benzene rings is 2. The molecule has 0 radical (unpaired) electrons. The van der Waals surface area contributed by atoms with Crippen molar-refractivity contribution in [1.29, 1.82) is 0 Å². The van der Waals surface area contributed by atoms with Crippen LogP contribution in [0.25, 0.3) is 5.69 Å². The SMILES string of the molecule is CCCOC(=O)c1cccc(NC(=O)c2nn(-c3ccccc3)c(=O)[nH]2)c1. The van der Waals surface area contributed by atoms with Gasteiger partial charge >= 0.3 is 11.7 Å². The Bertz CT molecular complexity index is 1010. The van der Waals surface area contributed by atoms with E-state index < -0.39 is 17.6 Å². The predicted octanol–water partition coefficient (Wildman–Crippen LogP) is 2.38. The van der Waals surface area contributed by atoms with Crippen molar-refractivity contribution >= 4 is 17.6 Å². The molecule has 0 aliphatic rings. The van der Waals surface area contributed by atoms with Crippen molar-refractivity contribution in [2.45, 2.75) is 13.3 Å². The van der Waals surface area contributed by atoms with Gasteiger partial charge < -0.3 is 10.1 Å². The number of hydrogen-bond donors (Lipinski definition) is 2. The minimum Gasteiger partial charge on any atom is -0.462 e. The number of aromatic amines is 1. The molecule has 0 atom stereocenters. The third kappa shape index (κ3) is 4.30. The van der Waals surface area contributed by atoms with Gasteiger partial charge in [-0.15, -0.1) is 5.10 Å². The summed E-state index contributed by atoms with van der Waals surface area (Å²) < 4.78 is 6.18. The number of nitrogens with zero attached hydrogens (tertiary/aromatic N) is 2. The number of hydrogen-bond acceptors (Lipinski definition) is 5. The van der Waals surface area contributed by atoms with E-state index in [-0.39, 0.29) is 5.82 Å². The zero-order chi connectivity index (χ0) is 19.2. The Morgan fingerprint density at radius 2 is 1.93 bits per heavy atom. The average molecular weight is 366 g/mol. The van der Waals surface area contributed by atoms with Gasteiger partial charge in [0.1, 0.15) is 0 Å². The minimum absolute atomic E-state index is 0.136. The van der Waals surface area contributed by atoms with E-state index in [1.54, 1.807) is 42.5 Å². The normalized spacial score (nSPS) is 10.4. The van der Waals surface area contributed by atoms with Gasteiger partial charge in [-0.05, 0) is 36.8 Å². The number of esters is 1. The predicted molar refractivity (Wildman–Crippen MR) is 99.2 cm³/mol. The molecule has 138 valence electrons. The lowest BCUT2D eigenvalue weighted by molar-refractivity contribution is 0.0505. The van der Waals surface area contributed by atoms with Crippen LogP contribution < -0.4 is 11.0 Å². The number of carbonyl (C=O) groups is 2. The van der Waals surface area contributed by atoms with E-state index in [0.717, 1.165) is 11.1 Å². The Kier molecular flexibility index (Phi) is 5.46. The third-order valence-corrected chi connectivity index (χ3v) is 3.63.